The fourth-order valence-electron chi connectivity index (χ4n) is 2.04. The summed E-state index contributed by atoms with van der Waals surface area (Å²) in [6.07, 6.45) is 4.30. The molecule has 3 nitrogen and oxygen atoms in total. The molecule has 0 fully saturated rings. The second kappa shape index (κ2) is 7.53. The molecule has 2 N–H and O–H groups in total. The van der Waals surface area contributed by atoms with E-state index in [1.807, 2.05) is 36.5 Å². The van der Waals surface area contributed by atoms with Crippen molar-refractivity contribution in [2.75, 3.05) is 0 Å². The number of ether oxygens (including phenoxy) is 1. The van der Waals surface area contributed by atoms with Gasteiger partial charge in [-0.15, -0.1) is 0 Å². The first-order valence-corrected chi connectivity index (χ1v) is 7.51. The largest absolute Gasteiger partial charge is 0.367 e. The normalized spacial score (nSPS) is 13.9. The average Bonchev–Trinajstić information content (AvgIpc) is 2.48. The molecule has 20 heavy (non-hydrogen) atoms. The molecule has 0 aliphatic heterocycles. The van der Waals surface area contributed by atoms with Crippen LogP contribution in [0.4, 0.5) is 0 Å². The molecule has 1 aromatic heterocycles. The molecule has 0 saturated heterocycles. The summed E-state index contributed by atoms with van der Waals surface area (Å²) in [5, 5.41) is 0. The molecule has 0 amide bonds. The first-order chi connectivity index (χ1) is 9.70. The molecule has 106 valence electrons. The molecule has 2 rings (SSSR count). The summed E-state index contributed by atoms with van der Waals surface area (Å²) in [5.74, 6) is 0. The summed E-state index contributed by atoms with van der Waals surface area (Å²) >= 11 is 3.47. The van der Waals surface area contributed by atoms with Gasteiger partial charge in [0.25, 0.3) is 0 Å². The predicted octanol–water partition coefficient (Wildman–Crippen LogP) is 3.84. The quantitative estimate of drug-likeness (QED) is 0.873. The lowest BCUT2D eigenvalue weighted by Crippen LogP contribution is -2.29. The van der Waals surface area contributed by atoms with Gasteiger partial charge in [0.15, 0.2) is 0 Å². The third-order valence-corrected chi connectivity index (χ3v) is 3.69. The van der Waals surface area contributed by atoms with E-state index in [0.717, 1.165) is 22.0 Å². The first-order valence-electron chi connectivity index (χ1n) is 6.72. The van der Waals surface area contributed by atoms with E-state index in [2.05, 4.69) is 33.9 Å². The van der Waals surface area contributed by atoms with E-state index >= 15 is 0 Å². The van der Waals surface area contributed by atoms with Crippen molar-refractivity contribution in [3.05, 3.63) is 64.4 Å². The molecule has 0 radical (unpaired) electrons. The number of hydrogen-bond donors (Lipinski definition) is 1. The Balaban J connectivity index is 2.09. The van der Waals surface area contributed by atoms with Crippen LogP contribution in [0, 0.1) is 0 Å². The zero-order chi connectivity index (χ0) is 14.4. The monoisotopic (exact) mass is 334 g/mol. The molecule has 0 saturated carbocycles. The summed E-state index contributed by atoms with van der Waals surface area (Å²) in [4.78, 5) is 4.15. The van der Waals surface area contributed by atoms with Gasteiger partial charge in [-0.3, -0.25) is 4.98 Å². The third-order valence-electron chi connectivity index (χ3n) is 3.19. The predicted molar refractivity (Wildman–Crippen MR) is 84.2 cm³/mol. The number of halogens is 1. The Morgan fingerprint density at radius 2 is 2.15 bits per heavy atom. The van der Waals surface area contributed by atoms with Crippen molar-refractivity contribution in [2.24, 2.45) is 5.73 Å². The molecule has 0 spiro atoms. The maximum absolute atomic E-state index is 6.18. The zero-order valence-corrected chi connectivity index (χ0v) is 13.1. The van der Waals surface area contributed by atoms with E-state index in [-0.39, 0.29) is 12.1 Å². The summed E-state index contributed by atoms with van der Waals surface area (Å²) in [6, 6.07) is 12.0. The van der Waals surface area contributed by atoms with Gasteiger partial charge in [0, 0.05) is 28.5 Å². The lowest BCUT2D eigenvalue weighted by atomic mass is 10.0. The third kappa shape index (κ3) is 4.13. The molecule has 4 heteroatoms. The Hall–Kier alpha value is -1.23. The number of pyridine rings is 1. The van der Waals surface area contributed by atoms with E-state index in [1.54, 1.807) is 6.20 Å². The summed E-state index contributed by atoms with van der Waals surface area (Å²) in [5.41, 5.74) is 8.33. The van der Waals surface area contributed by atoms with Gasteiger partial charge < -0.3 is 10.5 Å². The molecular formula is C16H19BrN2O. The van der Waals surface area contributed by atoms with Gasteiger partial charge in [-0.2, -0.15) is 0 Å². The van der Waals surface area contributed by atoms with Crippen molar-refractivity contribution < 1.29 is 4.74 Å². The van der Waals surface area contributed by atoms with E-state index in [0.29, 0.717) is 6.61 Å². The molecule has 0 bridgehead atoms. The molecule has 0 aliphatic carbocycles. The number of nitrogens with two attached hydrogens (primary N) is 1. The van der Waals surface area contributed by atoms with Crippen molar-refractivity contribution in [3.63, 3.8) is 0 Å². The van der Waals surface area contributed by atoms with Gasteiger partial charge >= 0.3 is 0 Å². The summed E-state index contributed by atoms with van der Waals surface area (Å²) in [6.45, 7) is 2.60. The van der Waals surface area contributed by atoms with Crippen LogP contribution in [-0.4, -0.2) is 11.0 Å². The lowest BCUT2D eigenvalue weighted by Gasteiger charge is -2.23. The van der Waals surface area contributed by atoms with Crippen LogP contribution in [0.25, 0.3) is 0 Å². The Kier molecular flexibility index (Phi) is 5.71. The van der Waals surface area contributed by atoms with Crippen LogP contribution in [0.3, 0.4) is 0 Å². The van der Waals surface area contributed by atoms with Crippen LogP contribution in [0.2, 0.25) is 0 Å². The Labute approximate surface area is 128 Å². The Morgan fingerprint density at radius 1 is 1.30 bits per heavy atom. The van der Waals surface area contributed by atoms with Gasteiger partial charge in [0.05, 0.1) is 12.7 Å². The lowest BCUT2D eigenvalue weighted by molar-refractivity contribution is 0.0210. The molecule has 1 aromatic carbocycles. The summed E-state index contributed by atoms with van der Waals surface area (Å²) < 4.78 is 7.09. The van der Waals surface area contributed by atoms with Crippen molar-refractivity contribution in [1.29, 1.82) is 0 Å². The van der Waals surface area contributed by atoms with Crippen LogP contribution in [0.1, 0.15) is 30.6 Å². The number of rotatable bonds is 6. The van der Waals surface area contributed by atoms with E-state index in [9.17, 15) is 0 Å². The molecule has 2 atom stereocenters. The van der Waals surface area contributed by atoms with E-state index < -0.39 is 0 Å². The maximum atomic E-state index is 6.18. The van der Waals surface area contributed by atoms with Gasteiger partial charge in [0.1, 0.15) is 0 Å². The van der Waals surface area contributed by atoms with Crippen LogP contribution >= 0.6 is 15.9 Å². The van der Waals surface area contributed by atoms with Crippen LogP contribution in [-0.2, 0) is 11.3 Å². The van der Waals surface area contributed by atoms with Crippen LogP contribution in [0.15, 0.2) is 53.3 Å². The second-order valence-electron chi connectivity index (χ2n) is 4.72. The van der Waals surface area contributed by atoms with Crippen molar-refractivity contribution >= 4 is 15.9 Å². The topological polar surface area (TPSA) is 48.1 Å². The highest BCUT2D eigenvalue weighted by Crippen LogP contribution is 2.23. The van der Waals surface area contributed by atoms with Crippen molar-refractivity contribution in [3.8, 4) is 0 Å². The smallest absolute Gasteiger partial charge is 0.0994 e. The Bertz CT molecular complexity index is 533. The standard InChI is InChI=1S/C16H19BrN2O/c1-2-15(18)16(13-6-4-8-19-10-13)20-11-12-5-3-7-14(17)9-12/h3-10,15-16H,2,11,18H2,1H3. The fourth-order valence-corrected chi connectivity index (χ4v) is 2.48. The van der Waals surface area contributed by atoms with Gasteiger partial charge in [-0.05, 0) is 30.2 Å². The van der Waals surface area contributed by atoms with E-state index in [1.165, 1.54) is 0 Å². The van der Waals surface area contributed by atoms with E-state index in [4.69, 9.17) is 10.5 Å². The number of nitrogens with zero attached hydrogens (tertiary/aromatic N) is 1. The molecular weight excluding hydrogens is 316 g/mol. The fraction of sp³-hybridized carbons (Fsp3) is 0.312. The molecule has 1 heterocycles. The summed E-state index contributed by atoms with van der Waals surface area (Å²) in [7, 11) is 0. The first kappa shape index (κ1) is 15.2. The Morgan fingerprint density at radius 3 is 2.80 bits per heavy atom. The number of aromatic nitrogens is 1. The van der Waals surface area contributed by atoms with Gasteiger partial charge in [0.2, 0.25) is 0 Å². The van der Waals surface area contributed by atoms with Gasteiger partial charge in [-0.25, -0.2) is 0 Å². The van der Waals surface area contributed by atoms with Crippen LogP contribution < -0.4 is 5.73 Å². The molecule has 2 unspecified atom stereocenters. The maximum Gasteiger partial charge on any atom is 0.0994 e. The second-order valence-corrected chi connectivity index (χ2v) is 5.64. The van der Waals surface area contributed by atoms with Crippen molar-refractivity contribution in [2.45, 2.75) is 32.1 Å². The van der Waals surface area contributed by atoms with Gasteiger partial charge in [-0.1, -0.05) is 41.1 Å². The van der Waals surface area contributed by atoms with Crippen LogP contribution in [0.5, 0.6) is 0 Å². The molecule has 2 aromatic rings. The van der Waals surface area contributed by atoms with Crippen molar-refractivity contribution in [1.82, 2.24) is 4.98 Å². The number of hydrogen-bond acceptors (Lipinski definition) is 3. The average molecular weight is 335 g/mol. The highest BCUT2D eigenvalue weighted by molar-refractivity contribution is 9.10. The zero-order valence-electron chi connectivity index (χ0n) is 11.5. The number of benzene rings is 1. The minimum Gasteiger partial charge on any atom is -0.367 e. The highest BCUT2D eigenvalue weighted by Gasteiger charge is 2.19. The highest BCUT2D eigenvalue weighted by atomic mass is 79.9. The SMILES string of the molecule is CCC(N)C(OCc1cccc(Br)c1)c1cccnc1. The minimum absolute atomic E-state index is 0.0358. The minimum atomic E-state index is -0.132. The molecule has 0 aliphatic rings.